The maximum absolute atomic E-state index is 5.98. The van der Waals surface area contributed by atoms with Gasteiger partial charge in [-0.3, -0.25) is 4.99 Å². The van der Waals surface area contributed by atoms with E-state index in [-0.39, 0.29) is 5.25 Å². The van der Waals surface area contributed by atoms with Gasteiger partial charge < -0.3 is 5.73 Å². The van der Waals surface area contributed by atoms with Crippen LogP contribution in [0, 0.1) is 0 Å². The van der Waals surface area contributed by atoms with Crippen LogP contribution in [0.4, 0.5) is 0 Å². The Morgan fingerprint density at radius 2 is 1.70 bits per heavy atom. The van der Waals surface area contributed by atoms with Crippen LogP contribution in [0.5, 0.6) is 0 Å². The maximum Gasteiger partial charge on any atom is 0.154 e. The van der Waals surface area contributed by atoms with E-state index in [1.54, 1.807) is 11.8 Å². The summed E-state index contributed by atoms with van der Waals surface area (Å²) in [6.45, 7) is 2.67. The molecule has 0 unspecified atom stereocenters. The van der Waals surface area contributed by atoms with Crippen molar-refractivity contribution >= 4 is 28.5 Å². The Labute approximate surface area is 129 Å². The molecule has 0 heterocycles. The largest absolute Gasteiger partial charge is 0.379 e. The molecular formula is C16H17ClN2S. The second-order valence-corrected chi connectivity index (χ2v) is 5.83. The van der Waals surface area contributed by atoms with E-state index in [1.807, 2.05) is 49.4 Å². The number of thioether (sulfide) groups is 1. The summed E-state index contributed by atoms with van der Waals surface area (Å²) < 4.78 is 0. The standard InChI is InChI=1S/C16H17ClN2S/c1-2-19-16(18)20-15(12-6-4-3-5-7-12)13-8-10-14(17)11-9-13/h3-11,15H,2H2,1H3,(H2,18,19)/t15-/m0/s1. The summed E-state index contributed by atoms with van der Waals surface area (Å²) in [5, 5.41) is 1.47. The maximum atomic E-state index is 5.98. The van der Waals surface area contributed by atoms with Crippen molar-refractivity contribution in [3.8, 4) is 0 Å². The van der Waals surface area contributed by atoms with Gasteiger partial charge in [-0.1, -0.05) is 65.8 Å². The highest BCUT2D eigenvalue weighted by Gasteiger charge is 2.16. The normalized spacial score (nSPS) is 13.2. The molecule has 0 spiro atoms. The van der Waals surface area contributed by atoms with E-state index >= 15 is 0 Å². The fourth-order valence-electron chi connectivity index (χ4n) is 1.91. The minimum absolute atomic E-state index is 0.128. The monoisotopic (exact) mass is 304 g/mol. The van der Waals surface area contributed by atoms with Gasteiger partial charge in [0, 0.05) is 11.6 Å². The topological polar surface area (TPSA) is 38.4 Å². The van der Waals surface area contributed by atoms with Crippen molar-refractivity contribution in [1.82, 2.24) is 0 Å². The fraction of sp³-hybridized carbons (Fsp3) is 0.188. The number of nitrogens with zero attached hydrogens (tertiary/aromatic N) is 1. The van der Waals surface area contributed by atoms with Gasteiger partial charge in [-0.05, 0) is 30.2 Å². The lowest BCUT2D eigenvalue weighted by molar-refractivity contribution is 1.13. The highest BCUT2D eigenvalue weighted by molar-refractivity contribution is 8.14. The van der Waals surface area contributed by atoms with Gasteiger partial charge in [0.15, 0.2) is 5.17 Å². The lowest BCUT2D eigenvalue weighted by atomic mass is 10.0. The first kappa shape index (κ1) is 14.9. The molecule has 2 rings (SSSR count). The molecule has 2 N–H and O–H groups in total. The number of nitrogens with two attached hydrogens (primary N) is 1. The van der Waals surface area contributed by atoms with E-state index in [0.717, 1.165) is 5.02 Å². The predicted molar refractivity (Wildman–Crippen MR) is 89.5 cm³/mol. The van der Waals surface area contributed by atoms with Crippen LogP contribution in [0.1, 0.15) is 23.3 Å². The van der Waals surface area contributed by atoms with Gasteiger partial charge in [-0.15, -0.1) is 0 Å². The Morgan fingerprint density at radius 1 is 1.10 bits per heavy atom. The number of benzene rings is 2. The molecule has 1 atom stereocenters. The molecule has 0 saturated heterocycles. The van der Waals surface area contributed by atoms with Crippen LogP contribution in [0.15, 0.2) is 59.6 Å². The summed E-state index contributed by atoms with van der Waals surface area (Å²) in [7, 11) is 0. The van der Waals surface area contributed by atoms with E-state index in [1.165, 1.54) is 11.1 Å². The summed E-state index contributed by atoms with van der Waals surface area (Å²) in [6, 6.07) is 18.2. The first-order chi connectivity index (χ1) is 9.70. The Bertz CT molecular complexity index is 567. The average molecular weight is 305 g/mol. The Kier molecular flexibility index (Phi) is 5.50. The third-order valence-electron chi connectivity index (χ3n) is 2.83. The summed E-state index contributed by atoms with van der Waals surface area (Å²) in [4.78, 5) is 4.26. The number of hydrogen-bond donors (Lipinski definition) is 1. The molecular weight excluding hydrogens is 288 g/mol. The molecule has 0 fully saturated rings. The third kappa shape index (κ3) is 4.02. The molecule has 0 aromatic heterocycles. The third-order valence-corrected chi connectivity index (χ3v) is 4.23. The lowest BCUT2D eigenvalue weighted by Crippen LogP contribution is -2.11. The van der Waals surface area contributed by atoms with E-state index < -0.39 is 0 Å². The molecule has 0 saturated carbocycles. The first-order valence-electron chi connectivity index (χ1n) is 6.47. The smallest absolute Gasteiger partial charge is 0.154 e. The molecule has 0 aliphatic rings. The van der Waals surface area contributed by atoms with Crippen molar-refractivity contribution < 1.29 is 0 Å². The van der Waals surface area contributed by atoms with Crippen molar-refractivity contribution in [2.45, 2.75) is 12.2 Å². The van der Waals surface area contributed by atoms with E-state index in [2.05, 4.69) is 17.1 Å². The highest BCUT2D eigenvalue weighted by atomic mass is 35.5. The number of rotatable bonds is 4. The molecule has 20 heavy (non-hydrogen) atoms. The van der Waals surface area contributed by atoms with Crippen molar-refractivity contribution in [2.24, 2.45) is 10.7 Å². The fourth-order valence-corrected chi connectivity index (χ4v) is 3.07. The number of amidine groups is 1. The molecule has 0 radical (unpaired) electrons. The van der Waals surface area contributed by atoms with Crippen LogP contribution in [0.25, 0.3) is 0 Å². The van der Waals surface area contributed by atoms with E-state index in [9.17, 15) is 0 Å². The van der Waals surface area contributed by atoms with E-state index in [4.69, 9.17) is 17.3 Å². The van der Waals surface area contributed by atoms with Crippen LogP contribution in [-0.2, 0) is 0 Å². The van der Waals surface area contributed by atoms with Gasteiger partial charge in [-0.2, -0.15) is 0 Å². The van der Waals surface area contributed by atoms with Crippen LogP contribution < -0.4 is 5.73 Å². The van der Waals surface area contributed by atoms with Crippen LogP contribution >= 0.6 is 23.4 Å². The lowest BCUT2D eigenvalue weighted by Gasteiger charge is -2.17. The average Bonchev–Trinajstić information content (AvgIpc) is 2.47. The molecule has 0 aliphatic carbocycles. The minimum Gasteiger partial charge on any atom is -0.379 e. The summed E-state index contributed by atoms with van der Waals surface area (Å²) >= 11 is 7.53. The summed E-state index contributed by atoms with van der Waals surface area (Å²) in [6.07, 6.45) is 0. The van der Waals surface area contributed by atoms with Crippen molar-refractivity contribution in [3.05, 3.63) is 70.7 Å². The summed E-state index contributed by atoms with van der Waals surface area (Å²) in [5.41, 5.74) is 8.35. The minimum atomic E-state index is 0.128. The van der Waals surface area contributed by atoms with Crippen molar-refractivity contribution in [1.29, 1.82) is 0 Å². The number of hydrogen-bond acceptors (Lipinski definition) is 2. The molecule has 0 aliphatic heterocycles. The quantitative estimate of drug-likeness (QED) is 0.667. The van der Waals surface area contributed by atoms with Crippen molar-refractivity contribution in [3.63, 3.8) is 0 Å². The first-order valence-corrected chi connectivity index (χ1v) is 7.73. The second-order valence-electron chi connectivity index (χ2n) is 4.27. The van der Waals surface area contributed by atoms with Gasteiger partial charge in [0.2, 0.25) is 0 Å². The van der Waals surface area contributed by atoms with Gasteiger partial charge in [0.05, 0.1) is 5.25 Å². The van der Waals surface area contributed by atoms with Crippen LogP contribution in [0.3, 0.4) is 0 Å². The SMILES string of the molecule is CCN=C(N)S[C@@H](c1ccccc1)c1ccc(Cl)cc1. The molecule has 0 amide bonds. The van der Waals surface area contributed by atoms with Crippen LogP contribution in [0.2, 0.25) is 5.02 Å². The molecule has 4 heteroatoms. The zero-order chi connectivity index (χ0) is 14.4. The predicted octanol–water partition coefficient (Wildman–Crippen LogP) is 4.50. The zero-order valence-corrected chi connectivity index (χ0v) is 12.9. The number of aliphatic imine (C=N–C) groups is 1. The van der Waals surface area contributed by atoms with Crippen LogP contribution in [-0.4, -0.2) is 11.7 Å². The molecule has 2 aromatic rings. The number of halogens is 1. The summed E-state index contributed by atoms with van der Waals surface area (Å²) in [5.74, 6) is 0. The van der Waals surface area contributed by atoms with Gasteiger partial charge in [-0.25, -0.2) is 0 Å². The Hall–Kier alpha value is -1.45. The van der Waals surface area contributed by atoms with E-state index in [0.29, 0.717) is 11.7 Å². The Balaban J connectivity index is 2.34. The van der Waals surface area contributed by atoms with Crippen molar-refractivity contribution in [2.75, 3.05) is 6.54 Å². The van der Waals surface area contributed by atoms with Gasteiger partial charge >= 0.3 is 0 Å². The molecule has 0 bridgehead atoms. The van der Waals surface area contributed by atoms with Gasteiger partial charge in [0.25, 0.3) is 0 Å². The zero-order valence-electron chi connectivity index (χ0n) is 11.3. The highest BCUT2D eigenvalue weighted by Crippen LogP contribution is 2.35. The molecule has 104 valence electrons. The molecule has 2 nitrogen and oxygen atoms in total. The van der Waals surface area contributed by atoms with Gasteiger partial charge in [0.1, 0.15) is 0 Å². The second kappa shape index (κ2) is 7.36. The molecule has 2 aromatic carbocycles. The Morgan fingerprint density at radius 3 is 2.30 bits per heavy atom.